The number of methoxy groups -OCH3 is 1. The molecule has 4 aromatic rings. The highest BCUT2D eigenvalue weighted by Crippen LogP contribution is 2.35. The van der Waals surface area contributed by atoms with Crippen molar-refractivity contribution in [1.29, 1.82) is 0 Å². The van der Waals surface area contributed by atoms with E-state index in [1.54, 1.807) is 19.2 Å². The van der Waals surface area contributed by atoms with Crippen molar-refractivity contribution in [2.24, 2.45) is 0 Å². The fourth-order valence-electron chi connectivity index (χ4n) is 4.51. The van der Waals surface area contributed by atoms with Gasteiger partial charge in [-0.3, -0.25) is 0 Å². The largest absolute Gasteiger partial charge is 0.497 e. The van der Waals surface area contributed by atoms with Crippen LogP contribution < -0.4 is 9.64 Å². The number of rotatable bonds is 5. The molecule has 3 heterocycles. The lowest BCUT2D eigenvalue weighted by atomic mass is 10.1. The van der Waals surface area contributed by atoms with Gasteiger partial charge in [0, 0.05) is 23.7 Å². The van der Waals surface area contributed by atoms with E-state index in [-0.39, 0.29) is 18.5 Å². The van der Waals surface area contributed by atoms with Gasteiger partial charge >= 0.3 is 0 Å². The summed E-state index contributed by atoms with van der Waals surface area (Å²) < 4.78 is 20.7. The molecule has 1 aliphatic rings. The molecule has 0 unspecified atom stereocenters. The molecule has 164 valence electrons. The van der Waals surface area contributed by atoms with Crippen molar-refractivity contribution in [1.82, 2.24) is 14.6 Å². The van der Waals surface area contributed by atoms with Gasteiger partial charge in [0.15, 0.2) is 5.65 Å². The SMILES string of the molecule is COc1ccc(-c2c(C)nn3c(-c4ccc(F)cc4)cc(N4CCC[C@H]4CO)nc23)cc1. The number of fused-ring (bicyclic) bond motifs is 1. The van der Waals surface area contributed by atoms with E-state index in [2.05, 4.69) is 4.90 Å². The molecule has 0 amide bonds. The molecule has 1 N–H and O–H groups in total. The monoisotopic (exact) mass is 432 g/mol. The Kier molecular flexibility index (Phi) is 5.27. The van der Waals surface area contributed by atoms with Gasteiger partial charge in [-0.25, -0.2) is 13.9 Å². The van der Waals surface area contributed by atoms with E-state index in [0.717, 1.165) is 64.7 Å². The Bertz CT molecular complexity index is 1250. The first kappa shape index (κ1) is 20.5. The molecule has 1 aliphatic heterocycles. The summed E-state index contributed by atoms with van der Waals surface area (Å²) in [6.07, 6.45) is 1.94. The summed E-state index contributed by atoms with van der Waals surface area (Å²) in [4.78, 5) is 7.17. The Morgan fingerprint density at radius 3 is 2.50 bits per heavy atom. The number of benzene rings is 2. The van der Waals surface area contributed by atoms with Gasteiger partial charge in [0.25, 0.3) is 0 Å². The van der Waals surface area contributed by atoms with Crippen LogP contribution in [0.1, 0.15) is 18.5 Å². The highest BCUT2D eigenvalue weighted by atomic mass is 19.1. The highest BCUT2D eigenvalue weighted by Gasteiger charge is 2.27. The molecule has 6 nitrogen and oxygen atoms in total. The minimum Gasteiger partial charge on any atom is -0.497 e. The quantitative estimate of drug-likeness (QED) is 0.504. The zero-order valence-electron chi connectivity index (χ0n) is 18.1. The average Bonchev–Trinajstić information content (AvgIpc) is 3.42. The summed E-state index contributed by atoms with van der Waals surface area (Å²) in [6, 6.07) is 16.3. The number of hydrogen-bond donors (Lipinski definition) is 1. The van der Waals surface area contributed by atoms with E-state index in [0.29, 0.717) is 0 Å². The molecular formula is C25H25FN4O2. The number of nitrogens with zero attached hydrogens (tertiary/aromatic N) is 4. The Hall–Kier alpha value is -3.45. The Morgan fingerprint density at radius 2 is 1.81 bits per heavy atom. The second-order valence-electron chi connectivity index (χ2n) is 8.10. The number of halogens is 1. The van der Waals surface area contributed by atoms with Gasteiger partial charge in [-0.2, -0.15) is 5.10 Å². The lowest BCUT2D eigenvalue weighted by Crippen LogP contribution is -2.32. The minimum absolute atomic E-state index is 0.0412. The molecule has 32 heavy (non-hydrogen) atoms. The summed E-state index contributed by atoms with van der Waals surface area (Å²) in [6.45, 7) is 2.89. The van der Waals surface area contributed by atoms with E-state index < -0.39 is 0 Å². The normalized spacial score (nSPS) is 16.1. The van der Waals surface area contributed by atoms with E-state index in [1.165, 1.54) is 12.1 Å². The van der Waals surface area contributed by atoms with Crippen LogP contribution in [0.3, 0.4) is 0 Å². The molecule has 0 radical (unpaired) electrons. The van der Waals surface area contributed by atoms with Crippen LogP contribution >= 0.6 is 0 Å². The van der Waals surface area contributed by atoms with Crippen LogP contribution in [0.15, 0.2) is 54.6 Å². The molecular weight excluding hydrogens is 407 g/mol. The number of aromatic nitrogens is 3. The number of aliphatic hydroxyl groups is 1. The van der Waals surface area contributed by atoms with E-state index >= 15 is 0 Å². The van der Waals surface area contributed by atoms with Crippen LogP contribution in [0, 0.1) is 12.7 Å². The first-order chi connectivity index (χ1) is 15.6. The number of aryl methyl sites for hydroxylation is 1. The van der Waals surface area contributed by atoms with Crippen LogP contribution in [0.4, 0.5) is 10.2 Å². The van der Waals surface area contributed by atoms with Crippen molar-refractivity contribution in [3.8, 4) is 28.1 Å². The summed E-state index contributed by atoms with van der Waals surface area (Å²) in [5, 5.41) is 14.7. The number of hydrogen-bond acceptors (Lipinski definition) is 5. The molecule has 0 bridgehead atoms. The molecule has 0 aliphatic carbocycles. The number of aliphatic hydroxyl groups excluding tert-OH is 1. The molecule has 7 heteroatoms. The molecule has 0 saturated carbocycles. The average molecular weight is 432 g/mol. The van der Waals surface area contributed by atoms with Gasteiger partial charge < -0.3 is 14.7 Å². The summed E-state index contributed by atoms with van der Waals surface area (Å²) in [5.74, 6) is 1.30. The second kappa shape index (κ2) is 8.24. The zero-order valence-corrected chi connectivity index (χ0v) is 18.1. The van der Waals surface area contributed by atoms with Crippen molar-refractivity contribution in [3.63, 3.8) is 0 Å². The topological polar surface area (TPSA) is 62.9 Å². The highest BCUT2D eigenvalue weighted by molar-refractivity contribution is 5.83. The van der Waals surface area contributed by atoms with Gasteiger partial charge in [-0.1, -0.05) is 12.1 Å². The van der Waals surface area contributed by atoms with Gasteiger partial charge in [0.2, 0.25) is 0 Å². The fraction of sp³-hybridized carbons (Fsp3) is 0.280. The molecule has 1 fully saturated rings. The predicted octanol–water partition coefficient (Wildman–Crippen LogP) is 4.48. The lowest BCUT2D eigenvalue weighted by Gasteiger charge is -2.25. The molecule has 2 aromatic carbocycles. The van der Waals surface area contributed by atoms with E-state index in [4.69, 9.17) is 14.8 Å². The van der Waals surface area contributed by atoms with Crippen LogP contribution in [0.5, 0.6) is 5.75 Å². The standard InChI is InChI=1S/C25H25FN4O2/c1-16-24(18-7-11-21(32-2)12-8-18)25-27-23(29-13-3-4-20(29)15-31)14-22(30(25)28-16)17-5-9-19(26)10-6-17/h5-12,14,20,31H,3-4,13,15H2,1-2H3/t20-/m0/s1. The van der Waals surface area contributed by atoms with Gasteiger partial charge in [-0.05, 0) is 61.7 Å². The Balaban J connectivity index is 1.75. The second-order valence-corrected chi connectivity index (χ2v) is 8.10. The maximum Gasteiger partial charge on any atom is 0.166 e. The van der Waals surface area contributed by atoms with Gasteiger partial charge in [0.1, 0.15) is 17.4 Å². The molecule has 2 aromatic heterocycles. The van der Waals surface area contributed by atoms with Crippen molar-refractivity contribution in [3.05, 3.63) is 66.1 Å². The van der Waals surface area contributed by atoms with Crippen molar-refractivity contribution in [2.45, 2.75) is 25.8 Å². The molecule has 5 rings (SSSR count). The third kappa shape index (κ3) is 3.48. The van der Waals surface area contributed by atoms with Crippen molar-refractivity contribution < 1.29 is 14.2 Å². The lowest BCUT2D eigenvalue weighted by molar-refractivity contribution is 0.266. The third-order valence-corrected chi connectivity index (χ3v) is 6.15. The Labute approximate surface area is 185 Å². The third-order valence-electron chi connectivity index (χ3n) is 6.15. The Morgan fingerprint density at radius 1 is 1.09 bits per heavy atom. The van der Waals surface area contributed by atoms with E-state index in [9.17, 15) is 9.50 Å². The van der Waals surface area contributed by atoms with Gasteiger partial charge in [0.05, 0.1) is 31.1 Å². The van der Waals surface area contributed by atoms with Crippen LogP contribution in [0.2, 0.25) is 0 Å². The van der Waals surface area contributed by atoms with Crippen molar-refractivity contribution in [2.75, 3.05) is 25.2 Å². The number of anilines is 1. The van der Waals surface area contributed by atoms with Crippen LogP contribution in [-0.2, 0) is 0 Å². The smallest absolute Gasteiger partial charge is 0.166 e. The van der Waals surface area contributed by atoms with Crippen LogP contribution in [-0.4, -0.2) is 46.0 Å². The number of ether oxygens (including phenoxy) is 1. The minimum atomic E-state index is -0.283. The zero-order chi connectivity index (χ0) is 22.2. The predicted molar refractivity (Wildman–Crippen MR) is 123 cm³/mol. The van der Waals surface area contributed by atoms with Crippen molar-refractivity contribution >= 4 is 11.5 Å². The maximum absolute atomic E-state index is 13.6. The van der Waals surface area contributed by atoms with Crippen LogP contribution in [0.25, 0.3) is 28.0 Å². The molecule has 0 spiro atoms. The molecule has 1 atom stereocenters. The summed E-state index contributed by atoms with van der Waals surface area (Å²) in [5.41, 5.74) is 5.20. The fourth-order valence-corrected chi connectivity index (χ4v) is 4.51. The first-order valence-electron chi connectivity index (χ1n) is 10.8. The summed E-state index contributed by atoms with van der Waals surface area (Å²) in [7, 11) is 1.64. The maximum atomic E-state index is 13.6. The first-order valence-corrected chi connectivity index (χ1v) is 10.8. The summed E-state index contributed by atoms with van der Waals surface area (Å²) >= 11 is 0. The van der Waals surface area contributed by atoms with E-state index in [1.807, 2.05) is 41.8 Å². The molecule has 1 saturated heterocycles. The van der Waals surface area contributed by atoms with Gasteiger partial charge in [-0.15, -0.1) is 0 Å².